The molecule has 1 atom stereocenters. The third-order valence-corrected chi connectivity index (χ3v) is 6.55. The number of benzene rings is 2. The van der Waals surface area contributed by atoms with E-state index in [2.05, 4.69) is 10.2 Å². The minimum atomic E-state index is -0.643. The van der Waals surface area contributed by atoms with E-state index in [1.54, 1.807) is 54.3 Å². The van der Waals surface area contributed by atoms with Crippen molar-refractivity contribution in [1.29, 1.82) is 0 Å². The zero-order valence-electron chi connectivity index (χ0n) is 20.2. The Labute approximate surface area is 209 Å². The summed E-state index contributed by atoms with van der Waals surface area (Å²) in [5, 5.41) is 11.3. The van der Waals surface area contributed by atoms with Crippen LogP contribution in [0, 0.1) is 0 Å². The number of carbonyl (C=O) groups is 4. The molecule has 10 heteroatoms. The van der Waals surface area contributed by atoms with Gasteiger partial charge in [0.2, 0.25) is 5.91 Å². The maximum absolute atomic E-state index is 13.1. The van der Waals surface area contributed by atoms with Gasteiger partial charge in [-0.3, -0.25) is 24.4 Å². The van der Waals surface area contributed by atoms with Gasteiger partial charge in [0, 0.05) is 55.6 Å². The lowest BCUT2D eigenvalue weighted by Gasteiger charge is -2.35. The van der Waals surface area contributed by atoms with Gasteiger partial charge in [0.05, 0.1) is 0 Å². The van der Waals surface area contributed by atoms with Crippen LogP contribution in [0.5, 0.6) is 0 Å². The van der Waals surface area contributed by atoms with E-state index in [-0.39, 0.29) is 17.7 Å². The molecular formula is C26H29N5O5. The molecular weight excluding hydrogens is 462 g/mol. The van der Waals surface area contributed by atoms with Crippen LogP contribution in [0.2, 0.25) is 0 Å². The normalized spacial score (nSPS) is 16.7. The molecule has 1 fully saturated rings. The van der Waals surface area contributed by atoms with Gasteiger partial charge in [-0.1, -0.05) is 18.2 Å². The molecule has 2 aliphatic heterocycles. The topological polar surface area (TPSA) is 122 Å². The zero-order chi connectivity index (χ0) is 25.8. The number of rotatable bonds is 6. The summed E-state index contributed by atoms with van der Waals surface area (Å²) in [6.07, 6.45) is 2.70. The average Bonchev–Trinajstić information content (AvgIpc) is 3.23. The van der Waals surface area contributed by atoms with Crippen molar-refractivity contribution in [3.8, 4) is 0 Å². The second kappa shape index (κ2) is 10.7. The fraction of sp³-hybridized carbons (Fsp3) is 0.308. The van der Waals surface area contributed by atoms with Crippen LogP contribution in [0.25, 0.3) is 6.08 Å². The summed E-state index contributed by atoms with van der Waals surface area (Å²) < 4.78 is 0. The lowest BCUT2D eigenvalue weighted by atomic mass is 10.1. The van der Waals surface area contributed by atoms with E-state index in [0.717, 1.165) is 18.7 Å². The highest BCUT2D eigenvalue weighted by Gasteiger charge is 2.36. The highest BCUT2D eigenvalue weighted by molar-refractivity contribution is 6.07. The van der Waals surface area contributed by atoms with Crippen molar-refractivity contribution < 1.29 is 24.4 Å². The van der Waals surface area contributed by atoms with Gasteiger partial charge in [0.15, 0.2) is 0 Å². The predicted molar refractivity (Wildman–Crippen MR) is 133 cm³/mol. The standard InChI is InChI=1S/C26H29N5O5/c1-17(25(34)30-13-11-29(2)12-14-30)31-16-20-7-6-19(15-22(20)26(31)35)24(33)27-21-8-3-18(4-9-21)5-10-23(32)28-36/h3-10,15,17,36H,11-14,16H2,1-2H3,(H,27,33)(H,28,32). The molecule has 4 rings (SSSR count). The van der Waals surface area contributed by atoms with E-state index in [1.165, 1.54) is 17.6 Å². The van der Waals surface area contributed by atoms with Crippen LogP contribution in [0.3, 0.4) is 0 Å². The molecule has 4 amide bonds. The number of piperazine rings is 1. The number of likely N-dealkylation sites (N-methyl/N-ethyl adjacent to an activating group) is 1. The first-order valence-corrected chi connectivity index (χ1v) is 11.7. The van der Waals surface area contributed by atoms with Gasteiger partial charge in [-0.2, -0.15) is 0 Å². The summed E-state index contributed by atoms with van der Waals surface area (Å²) in [5.74, 6) is -1.32. The van der Waals surface area contributed by atoms with Crippen LogP contribution in [-0.2, 0) is 16.1 Å². The highest BCUT2D eigenvalue weighted by Crippen LogP contribution is 2.27. The van der Waals surface area contributed by atoms with Crippen LogP contribution in [0.15, 0.2) is 48.5 Å². The van der Waals surface area contributed by atoms with Crippen molar-refractivity contribution >= 4 is 35.4 Å². The van der Waals surface area contributed by atoms with Gasteiger partial charge < -0.3 is 20.0 Å². The van der Waals surface area contributed by atoms with Crippen LogP contribution >= 0.6 is 0 Å². The smallest absolute Gasteiger partial charge is 0.267 e. The fourth-order valence-electron chi connectivity index (χ4n) is 4.29. The summed E-state index contributed by atoms with van der Waals surface area (Å²) in [4.78, 5) is 55.6. The van der Waals surface area contributed by atoms with Crippen molar-refractivity contribution in [3.05, 3.63) is 70.8 Å². The number of nitrogens with one attached hydrogen (secondary N) is 2. The van der Waals surface area contributed by atoms with E-state index >= 15 is 0 Å². The Bertz CT molecular complexity index is 1200. The first-order chi connectivity index (χ1) is 17.3. The Hall–Kier alpha value is -4.02. The minimum absolute atomic E-state index is 0.0579. The first kappa shape index (κ1) is 25.1. The van der Waals surface area contributed by atoms with Crippen molar-refractivity contribution in [2.75, 3.05) is 38.5 Å². The quantitative estimate of drug-likeness (QED) is 0.320. The van der Waals surface area contributed by atoms with Crippen LogP contribution in [0.1, 0.15) is 38.8 Å². The third-order valence-electron chi connectivity index (χ3n) is 6.55. The van der Waals surface area contributed by atoms with Crippen LogP contribution in [0.4, 0.5) is 5.69 Å². The summed E-state index contributed by atoms with van der Waals surface area (Å²) in [7, 11) is 2.02. The Morgan fingerprint density at radius 1 is 1.03 bits per heavy atom. The van der Waals surface area contributed by atoms with Crippen molar-refractivity contribution in [2.24, 2.45) is 0 Å². The number of amides is 4. The van der Waals surface area contributed by atoms with Gasteiger partial charge in [-0.15, -0.1) is 0 Å². The summed E-state index contributed by atoms with van der Waals surface area (Å²) in [5.41, 5.74) is 4.33. The van der Waals surface area contributed by atoms with Crippen molar-refractivity contribution in [2.45, 2.75) is 19.5 Å². The Kier molecular flexibility index (Phi) is 7.47. The molecule has 3 N–H and O–H groups in total. The van der Waals surface area contributed by atoms with Gasteiger partial charge in [0.25, 0.3) is 17.7 Å². The maximum atomic E-state index is 13.1. The van der Waals surface area contributed by atoms with Crippen molar-refractivity contribution in [3.63, 3.8) is 0 Å². The summed E-state index contributed by atoms with van der Waals surface area (Å²) in [6, 6.07) is 11.2. The van der Waals surface area contributed by atoms with E-state index in [0.29, 0.717) is 42.0 Å². The number of hydrogen-bond acceptors (Lipinski definition) is 6. The molecule has 0 saturated carbocycles. The van der Waals surface area contributed by atoms with Gasteiger partial charge in [-0.25, -0.2) is 5.48 Å². The molecule has 0 aromatic heterocycles. The molecule has 10 nitrogen and oxygen atoms in total. The lowest BCUT2D eigenvalue weighted by Crippen LogP contribution is -2.53. The number of hydrogen-bond donors (Lipinski definition) is 3. The molecule has 0 radical (unpaired) electrons. The highest BCUT2D eigenvalue weighted by atomic mass is 16.5. The monoisotopic (exact) mass is 491 g/mol. The second-order valence-electron chi connectivity index (χ2n) is 9.00. The molecule has 2 aliphatic rings. The molecule has 0 spiro atoms. The van der Waals surface area contributed by atoms with Crippen LogP contribution < -0.4 is 10.8 Å². The number of nitrogens with zero attached hydrogens (tertiary/aromatic N) is 3. The van der Waals surface area contributed by atoms with Gasteiger partial charge >= 0.3 is 0 Å². The molecule has 0 aliphatic carbocycles. The van der Waals surface area contributed by atoms with Crippen molar-refractivity contribution in [1.82, 2.24) is 20.2 Å². The number of carbonyl (C=O) groups excluding carboxylic acids is 4. The predicted octanol–water partition coefficient (Wildman–Crippen LogP) is 1.58. The molecule has 2 aromatic carbocycles. The molecule has 2 aromatic rings. The van der Waals surface area contributed by atoms with Gasteiger partial charge in [-0.05, 0) is 55.4 Å². The Balaban J connectivity index is 1.40. The first-order valence-electron chi connectivity index (χ1n) is 11.7. The molecule has 36 heavy (non-hydrogen) atoms. The molecule has 1 unspecified atom stereocenters. The number of anilines is 1. The minimum Gasteiger partial charge on any atom is -0.338 e. The van der Waals surface area contributed by atoms with E-state index in [9.17, 15) is 19.2 Å². The maximum Gasteiger partial charge on any atom is 0.267 e. The fourth-order valence-corrected chi connectivity index (χ4v) is 4.29. The third kappa shape index (κ3) is 5.45. The van der Waals surface area contributed by atoms with E-state index in [1.807, 2.05) is 11.9 Å². The lowest BCUT2D eigenvalue weighted by molar-refractivity contribution is -0.137. The Morgan fingerprint density at radius 2 is 1.72 bits per heavy atom. The number of fused-ring (bicyclic) bond motifs is 1. The number of hydroxylamine groups is 1. The second-order valence-corrected chi connectivity index (χ2v) is 9.00. The SMILES string of the molecule is CC(C(=O)N1CCN(C)CC1)N1Cc2ccc(C(=O)Nc3ccc(C=CC(=O)NO)cc3)cc2C1=O. The average molecular weight is 492 g/mol. The summed E-state index contributed by atoms with van der Waals surface area (Å²) in [6.45, 7) is 5.01. The summed E-state index contributed by atoms with van der Waals surface area (Å²) >= 11 is 0. The Morgan fingerprint density at radius 3 is 2.39 bits per heavy atom. The van der Waals surface area contributed by atoms with E-state index < -0.39 is 11.9 Å². The molecule has 1 saturated heterocycles. The van der Waals surface area contributed by atoms with E-state index in [4.69, 9.17) is 5.21 Å². The zero-order valence-corrected chi connectivity index (χ0v) is 20.2. The van der Waals surface area contributed by atoms with Crippen LogP contribution in [-0.4, -0.2) is 82.8 Å². The molecule has 0 bridgehead atoms. The van der Waals surface area contributed by atoms with Gasteiger partial charge in [0.1, 0.15) is 6.04 Å². The molecule has 2 heterocycles. The molecule has 188 valence electrons. The largest absolute Gasteiger partial charge is 0.338 e.